The van der Waals surface area contributed by atoms with E-state index >= 15 is 0 Å². The summed E-state index contributed by atoms with van der Waals surface area (Å²) in [5.41, 5.74) is 9.94. The van der Waals surface area contributed by atoms with Crippen molar-refractivity contribution in [1.29, 1.82) is 0 Å². The second-order valence-corrected chi connectivity index (χ2v) is 5.50. The minimum Gasteiger partial charge on any atom is -0.271 e. The summed E-state index contributed by atoms with van der Waals surface area (Å²) in [7, 11) is 0. The quantitative estimate of drug-likeness (QED) is 0.425. The fourth-order valence-electron chi connectivity index (χ4n) is 2.50. The Morgan fingerprint density at radius 1 is 1.32 bits per heavy atom. The average molecular weight is 340 g/mol. The third-order valence-corrected chi connectivity index (χ3v) is 3.80. The van der Waals surface area contributed by atoms with E-state index in [0.29, 0.717) is 6.42 Å². The number of amides is 1. The fourth-order valence-corrected chi connectivity index (χ4v) is 2.50. The smallest absolute Gasteiger partial charge is 0.269 e. The standard InChI is InChI=1S/C16H16N6O3/c23-16(21-18-10-11-4-6-17-7-5-11)15-9-14(19-20-15)12-2-1-3-13(8-12)22(24)25/h1-8,10,14-15,19-20H,9H2,(H,21,23)/b18-10+. The Hall–Kier alpha value is -3.17. The van der Waals surface area contributed by atoms with Gasteiger partial charge >= 0.3 is 0 Å². The van der Waals surface area contributed by atoms with Crippen molar-refractivity contribution in [3.05, 3.63) is 70.0 Å². The Bertz CT molecular complexity index is 795. The highest BCUT2D eigenvalue weighted by molar-refractivity contribution is 5.85. The van der Waals surface area contributed by atoms with E-state index in [1.807, 2.05) is 0 Å². The molecule has 2 atom stereocenters. The first-order valence-electron chi connectivity index (χ1n) is 7.62. The van der Waals surface area contributed by atoms with Gasteiger partial charge in [-0.1, -0.05) is 12.1 Å². The lowest BCUT2D eigenvalue weighted by molar-refractivity contribution is -0.384. The average Bonchev–Trinajstić information content (AvgIpc) is 3.13. The highest BCUT2D eigenvalue weighted by atomic mass is 16.6. The molecule has 9 nitrogen and oxygen atoms in total. The number of nitrogens with zero attached hydrogens (tertiary/aromatic N) is 3. The summed E-state index contributed by atoms with van der Waals surface area (Å²) in [6.45, 7) is 0. The SMILES string of the molecule is O=C(N/N=C/c1ccncc1)C1CC(c2cccc([N+](=O)[O-])c2)NN1. The molecular formula is C16H16N6O3. The van der Waals surface area contributed by atoms with E-state index in [1.165, 1.54) is 18.3 Å². The zero-order chi connectivity index (χ0) is 17.6. The lowest BCUT2D eigenvalue weighted by Crippen LogP contribution is -2.41. The number of non-ortho nitro benzene ring substituents is 1. The van der Waals surface area contributed by atoms with Gasteiger partial charge in [0.2, 0.25) is 0 Å². The Balaban J connectivity index is 1.57. The van der Waals surface area contributed by atoms with Gasteiger partial charge in [0.15, 0.2) is 0 Å². The number of pyridine rings is 1. The molecule has 2 aromatic rings. The molecule has 3 N–H and O–H groups in total. The fraction of sp³-hybridized carbons (Fsp3) is 0.188. The van der Waals surface area contributed by atoms with Crippen LogP contribution in [-0.4, -0.2) is 28.1 Å². The van der Waals surface area contributed by atoms with Gasteiger partial charge in [-0.3, -0.25) is 19.9 Å². The number of aromatic nitrogens is 1. The molecule has 1 fully saturated rings. The van der Waals surface area contributed by atoms with Crippen molar-refractivity contribution < 1.29 is 9.72 Å². The van der Waals surface area contributed by atoms with Crippen LogP contribution in [0.15, 0.2) is 53.9 Å². The van der Waals surface area contributed by atoms with Crippen LogP contribution in [0.5, 0.6) is 0 Å². The molecule has 1 aliphatic rings. The van der Waals surface area contributed by atoms with Gasteiger partial charge in [-0.2, -0.15) is 5.10 Å². The molecule has 3 rings (SSSR count). The van der Waals surface area contributed by atoms with E-state index in [0.717, 1.165) is 11.1 Å². The van der Waals surface area contributed by atoms with Crippen molar-refractivity contribution in [2.75, 3.05) is 0 Å². The first-order chi connectivity index (χ1) is 12.1. The number of benzene rings is 1. The van der Waals surface area contributed by atoms with E-state index < -0.39 is 11.0 Å². The van der Waals surface area contributed by atoms with Crippen molar-refractivity contribution in [3.8, 4) is 0 Å². The highest BCUT2D eigenvalue weighted by Gasteiger charge is 2.30. The maximum absolute atomic E-state index is 12.1. The second-order valence-electron chi connectivity index (χ2n) is 5.50. The number of carbonyl (C=O) groups is 1. The summed E-state index contributed by atoms with van der Waals surface area (Å²) in [6.07, 6.45) is 5.25. The second kappa shape index (κ2) is 7.60. The van der Waals surface area contributed by atoms with Crippen LogP contribution in [0.4, 0.5) is 5.69 Å². The van der Waals surface area contributed by atoms with Gasteiger partial charge in [0, 0.05) is 30.6 Å². The maximum atomic E-state index is 12.1. The van der Waals surface area contributed by atoms with E-state index in [2.05, 4.69) is 26.4 Å². The van der Waals surface area contributed by atoms with Gasteiger partial charge in [0.05, 0.1) is 11.1 Å². The molecule has 1 aromatic carbocycles. The van der Waals surface area contributed by atoms with E-state index in [1.54, 1.807) is 36.7 Å². The third kappa shape index (κ3) is 4.22. The summed E-state index contributed by atoms with van der Waals surface area (Å²) in [4.78, 5) is 26.5. The van der Waals surface area contributed by atoms with Crippen molar-refractivity contribution >= 4 is 17.8 Å². The number of nitro groups is 1. The Labute approximate surface area is 143 Å². The van der Waals surface area contributed by atoms with Gasteiger partial charge in [0.1, 0.15) is 6.04 Å². The molecule has 0 saturated carbocycles. The van der Waals surface area contributed by atoms with Crippen LogP contribution in [0.3, 0.4) is 0 Å². The van der Waals surface area contributed by atoms with E-state index in [4.69, 9.17) is 0 Å². The van der Waals surface area contributed by atoms with E-state index in [-0.39, 0.29) is 17.6 Å². The van der Waals surface area contributed by atoms with Crippen molar-refractivity contribution in [2.45, 2.75) is 18.5 Å². The molecule has 1 aliphatic heterocycles. The van der Waals surface area contributed by atoms with E-state index in [9.17, 15) is 14.9 Å². The highest BCUT2D eigenvalue weighted by Crippen LogP contribution is 2.25. The summed E-state index contributed by atoms with van der Waals surface area (Å²) in [5.74, 6) is -0.286. The zero-order valence-corrected chi connectivity index (χ0v) is 13.1. The van der Waals surface area contributed by atoms with Gasteiger partial charge in [0.25, 0.3) is 11.6 Å². The number of carbonyl (C=O) groups excluding carboxylic acids is 1. The van der Waals surface area contributed by atoms with Gasteiger partial charge in [-0.15, -0.1) is 0 Å². The van der Waals surface area contributed by atoms with Gasteiger partial charge in [-0.05, 0) is 29.7 Å². The Kier molecular flexibility index (Phi) is 5.07. The number of nitrogens with one attached hydrogen (secondary N) is 3. The molecule has 1 aromatic heterocycles. The molecule has 0 aliphatic carbocycles. The van der Waals surface area contributed by atoms with Crippen molar-refractivity contribution in [2.24, 2.45) is 5.10 Å². The molecule has 1 saturated heterocycles. The van der Waals surface area contributed by atoms with Gasteiger partial charge < -0.3 is 0 Å². The van der Waals surface area contributed by atoms with Crippen LogP contribution >= 0.6 is 0 Å². The largest absolute Gasteiger partial charge is 0.271 e. The molecule has 25 heavy (non-hydrogen) atoms. The maximum Gasteiger partial charge on any atom is 0.269 e. The van der Waals surface area contributed by atoms with Crippen LogP contribution in [0.25, 0.3) is 0 Å². The number of hydrogen-bond donors (Lipinski definition) is 3. The molecule has 0 spiro atoms. The molecule has 0 radical (unpaired) electrons. The van der Waals surface area contributed by atoms with Crippen LogP contribution < -0.4 is 16.3 Å². The Morgan fingerprint density at radius 2 is 2.12 bits per heavy atom. The number of nitro benzene ring substituents is 1. The first-order valence-corrected chi connectivity index (χ1v) is 7.62. The predicted molar refractivity (Wildman–Crippen MR) is 90.5 cm³/mol. The van der Waals surface area contributed by atoms with Crippen LogP contribution in [-0.2, 0) is 4.79 Å². The topological polar surface area (TPSA) is 122 Å². The molecule has 2 unspecified atom stereocenters. The number of hydrogen-bond acceptors (Lipinski definition) is 7. The molecule has 0 bridgehead atoms. The minimum atomic E-state index is -0.487. The summed E-state index contributed by atoms with van der Waals surface area (Å²) in [6, 6.07) is 9.20. The molecule has 2 heterocycles. The Morgan fingerprint density at radius 3 is 2.88 bits per heavy atom. The molecule has 1 amide bonds. The third-order valence-electron chi connectivity index (χ3n) is 3.80. The summed E-state index contributed by atoms with van der Waals surface area (Å²) < 4.78 is 0. The van der Waals surface area contributed by atoms with Crippen molar-refractivity contribution in [1.82, 2.24) is 21.3 Å². The van der Waals surface area contributed by atoms with Crippen LogP contribution in [0, 0.1) is 10.1 Å². The lowest BCUT2D eigenvalue weighted by Gasteiger charge is -2.09. The number of rotatable bonds is 5. The summed E-state index contributed by atoms with van der Waals surface area (Å²) >= 11 is 0. The van der Waals surface area contributed by atoms with Crippen LogP contribution in [0.2, 0.25) is 0 Å². The molecular weight excluding hydrogens is 324 g/mol. The monoisotopic (exact) mass is 340 g/mol. The molecule has 9 heteroatoms. The number of hydrazone groups is 1. The molecule has 128 valence electrons. The van der Waals surface area contributed by atoms with Crippen molar-refractivity contribution in [3.63, 3.8) is 0 Å². The number of hydrazine groups is 1. The zero-order valence-electron chi connectivity index (χ0n) is 13.1. The van der Waals surface area contributed by atoms with Gasteiger partial charge in [-0.25, -0.2) is 16.3 Å². The lowest BCUT2D eigenvalue weighted by atomic mass is 10.0. The summed E-state index contributed by atoms with van der Waals surface area (Å²) in [5, 5.41) is 14.8. The normalized spacial score (nSPS) is 19.8. The predicted octanol–water partition coefficient (Wildman–Crippen LogP) is 1.05. The minimum absolute atomic E-state index is 0.0224. The first kappa shape index (κ1) is 16.7. The van der Waals surface area contributed by atoms with Crippen LogP contribution in [0.1, 0.15) is 23.6 Å².